The number of hydrogen-bond acceptors (Lipinski definition) is 2. The number of carbonyl (C=O) groups is 1. The first-order chi connectivity index (χ1) is 8.81. The highest BCUT2D eigenvalue weighted by Crippen LogP contribution is 2.16. The number of nitrogens with zero attached hydrogens (tertiary/aromatic N) is 1. The van der Waals surface area contributed by atoms with Crippen LogP contribution in [0, 0.1) is 0 Å². The number of hydrogen-bond donors (Lipinski definition) is 1. The number of fused-ring (bicyclic) bond motifs is 1. The molecule has 0 spiro atoms. The molecule has 3 nitrogen and oxygen atoms in total. The largest absolute Gasteiger partial charge is 0.342 e. The number of carbonyl (C=O) groups excluding carboxylic acids is 1. The molecule has 2 rings (SSSR count). The number of rotatable bonds is 4. The van der Waals surface area contributed by atoms with E-state index < -0.39 is 0 Å². The summed E-state index contributed by atoms with van der Waals surface area (Å²) in [6.45, 7) is 2.40. The fraction of sp³-hybridized carbons (Fsp3) is 0.533. The van der Waals surface area contributed by atoms with Crippen LogP contribution in [-0.4, -0.2) is 30.4 Å². The zero-order valence-electron chi connectivity index (χ0n) is 10.9. The van der Waals surface area contributed by atoms with Crippen molar-refractivity contribution in [3.8, 4) is 0 Å². The summed E-state index contributed by atoms with van der Waals surface area (Å²) in [4.78, 5) is 14.1. The zero-order chi connectivity index (χ0) is 12.8. The number of nitrogens with two attached hydrogens (primary N) is 1. The van der Waals surface area contributed by atoms with Crippen molar-refractivity contribution >= 4 is 5.91 Å². The first-order valence-corrected chi connectivity index (χ1v) is 6.86. The van der Waals surface area contributed by atoms with E-state index in [4.69, 9.17) is 5.73 Å². The van der Waals surface area contributed by atoms with Crippen LogP contribution in [0.4, 0.5) is 0 Å². The van der Waals surface area contributed by atoms with Crippen molar-refractivity contribution in [1.29, 1.82) is 0 Å². The minimum atomic E-state index is 0.288. The van der Waals surface area contributed by atoms with E-state index in [2.05, 4.69) is 24.3 Å². The van der Waals surface area contributed by atoms with Crippen LogP contribution in [0.1, 0.15) is 30.4 Å². The van der Waals surface area contributed by atoms with Gasteiger partial charge in [0.05, 0.1) is 0 Å². The highest BCUT2D eigenvalue weighted by molar-refractivity contribution is 5.76. The average molecular weight is 246 g/mol. The van der Waals surface area contributed by atoms with Crippen LogP contribution < -0.4 is 5.73 Å². The third-order valence-corrected chi connectivity index (χ3v) is 3.62. The molecule has 0 radical (unpaired) electrons. The van der Waals surface area contributed by atoms with Crippen molar-refractivity contribution in [2.24, 2.45) is 5.73 Å². The molecule has 1 aromatic carbocycles. The van der Waals surface area contributed by atoms with Crippen LogP contribution in [0.5, 0.6) is 0 Å². The second-order valence-corrected chi connectivity index (χ2v) is 4.90. The highest BCUT2D eigenvalue weighted by atomic mass is 16.2. The summed E-state index contributed by atoms with van der Waals surface area (Å²) in [7, 11) is 0. The molecular weight excluding hydrogens is 224 g/mol. The van der Waals surface area contributed by atoms with E-state index >= 15 is 0 Å². The second-order valence-electron chi connectivity index (χ2n) is 4.90. The summed E-state index contributed by atoms with van der Waals surface area (Å²) < 4.78 is 0. The molecule has 1 amide bonds. The van der Waals surface area contributed by atoms with E-state index in [1.807, 2.05) is 4.90 Å². The maximum atomic E-state index is 12.1. The molecule has 0 aliphatic carbocycles. The molecule has 1 heterocycles. The van der Waals surface area contributed by atoms with E-state index in [0.29, 0.717) is 13.0 Å². The number of amides is 1. The molecule has 0 bridgehead atoms. The maximum Gasteiger partial charge on any atom is 0.222 e. The van der Waals surface area contributed by atoms with Gasteiger partial charge in [0.2, 0.25) is 5.91 Å². The van der Waals surface area contributed by atoms with Crippen LogP contribution in [-0.2, 0) is 17.6 Å². The Balaban J connectivity index is 1.89. The molecule has 0 fully saturated rings. The van der Waals surface area contributed by atoms with Crippen molar-refractivity contribution in [3.05, 3.63) is 35.4 Å². The van der Waals surface area contributed by atoms with Gasteiger partial charge in [0.15, 0.2) is 0 Å². The lowest BCUT2D eigenvalue weighted by molar-refractivity contribution is -0.131. The lowest BCUT2D eigenvalue weighted by Gasteiger charge is -2.20. The van der Waals surface area contributed by atoms with Gasteiger partial charge in [-0.25, -0.2) is 0 Å². The van der Waals surface area contributed by atoms with E-state index in [1.54, 1.807) is 0 Å². The van der Waals surface area contributed by atoms with E-state index in [-0.39, 0.29) is 5.91 Å². The number of unbranched alkanes of at least 4 members (excludes halogenated alkanes) is 1. The highest BCUT2D eigenvalue weighted by Gasteiger charge is 2.17. The van der Waals surface area contributed by atoms with E-state index in [0.717, 1.165) is 38.8 Å². The molecule has 0 saturated heterocycles. The summed E-state index contributed by atoms with van der Waals surface area (Å²) in [5, 5.41) is 0. The summed E-state index contributed by atoms with van der Waals surface area (Å²) in [6, 6.07) is 8.52. The quantitative estimate of drug-likeness (QED) is 0.823. The predicted molar refractivity (Wildman–Crippen MR) is 73.3 cm³/mol. The molecule has 0 atom stereocenters. The maximum absolute atomic E-state index is 12.1. The molecule has 2 N–H and O–H groups in total. The first-order valence-electron chi connectivity index (χ1n) is 6.86. The normalized spacial score (nSPS) is 15.1. The summed E-state index contributed by atoms with van der Waals surface area (Å²) in [5.41, 5.74) is 8.25. The van der Waals surface area contributed by atoms with Gasteiger partial charge < -0.3 is 10.6 Å². The molecule has 0 saturated carbocycles. The third kappa shape index (κ3) is 3.33. The van der Waals surface area contributed by atoms with Crippen LogP contribution in [0.2, 0.25) is 0 Å². The molecule has 1 aliphatic rings. The first kappa shape index (κ1) is 13.1. The van der Waals surface area contributed by atoms with Crippen molar-refractivity contribution in [2.45, 2.75) is 32.1 Å². The standard InChI is InChI=1S/C15H22N2O/c16-10-4-3-7-15(18)17-11-8-13-5-1-2-6-14(13)9-12-17/h1-2,5-6H,3-4,7-12,16H2. The fourth-order valence-corrected chi connectivity index (χ4v) is 2.50. The predicted octanol–water partition coefficient (Wildman–Crippen LogP) is 1.74. The van der Waals surface area contributed by atoms with Crippen LogP contribution in [0.15, 0.2) is 24.3 Å². The summed E-state index contributed by atoms with van der Waals surface area (Å²) in [6.07, 6.45) is 4.48. The molecular formula is C15H22N2O. The molecule has 18 heavy (non-hydrogen) atoms. The van der Waals surface area contributed by atoms with Crippen molar-refractivity contribution in [3.63, 3.8) is 0 Å². The van der Waals surface area contributed by atoms with Crippen LogP contribution >= 0.6 is 0 Å². The number of benzene rings is 1. The lowest BCUT2D eigenvalue weighted by atomic mass is 10.0. The van der Waals surface area contributed by atoms with Crippen molar-refractivity contribution in [2.75, 3.05) is 19.6 Å². The van der Waals surface area contributed by atoms with E-state index in [1.165, 1.54) is 11.1 Å². The molecule has 0 aromatic heterocycles. The Morgan fingerprint density at radius 2 is 1.72 bits per heavy atom. The molecule has 3 heteroatoms. The van der Waals surface area contributed by atoms with Crippen molar-refractivity contribution < 1.29 is 4.79 Å². The Bertz CT molecular complexity index is 376. The molecule has 1 aliphatic heterocycles. The van der Waals surface area contributed by atoms with Gasteiger partial charge in [-0.15, -0.1) is 0 Å². The lowest BCUT2D eigenvalue weighted by Crippen LogP contribution is -2.33. The Labute approximate surface area is 109 Å². The minimum Gasteiger partial charge on any atom is -0.342 e. The van der Waals surface area contributed by atoms with Crippen LogP contribution in [0.3, 0.4) is 0 Å². The van der Waals surface area contributed by atoms with Gasteiger partial charge in [0.25, 0.3) is 0 Å². The Morgan fingerprint density at radius 1 is 1.11 bits per heavy atom. The van der Waals surface area contributed by atoms with Gasteiger partial charge in [0, 0.05) is 19.5 Å². The molecule has 0 unspecified atom stereocenters. The van der Waals surface area contributed by atoms with Gasteiger partial charge >= 0.3 is 0 Å². The van der Waals surface area contributed by atoms with Crippen LogP contribution in [0.25, 0.3) is 0 Å². The molecule has 1 aromatic rings. The SMILES string of the molecule is NCCCCC(=O)N1CCc2ccccc2CC1. The smallest absolute Gasteiger partial charge is 0.222 e. The van der Waals surface area contributed by atoms with E-state index in [9.17, 15) is 4.79 Å². The molecule has 98 valence electrons. The monoisotopic (exact) mass is 246 g/mol. The van der Waals surface area contributed by atoms with Gasteiger partial charge in [-0.2, -0.15) is 0 Å². The third-order valence-electron chi connectivity index (χ3n) is 3.62. The Morgan fingerprint density at radius 3 is 2.28 bits per heavy atom. The Hall–Kier alpha value is -1.35. The van der Waals surface area contributed by atoms with Gasteiger partial charge in [-0.05, 0) is 43.4 Å². The fourth-order valence-electron chi connectivity index (χ4n) is 2.50. The second kappa shape index (κ2) is 6.55. The summed E-state index contributed by atoms with van der Waals surface area (Å²) >= 11 is 0. The minimum absolute atomic E-state index is 0.288. The topological polar surface area (TPSA) is 46.3 Å². The Kier molecular flexibility index (Phi) is 4.76. The van der Waals surface area contributed by atoms with Gasteiger partial charge in [0.1, 0.15) is 0 Å². The van der Waals surface area contributed by atoms with Crippen molar-refractivity contribution in [1.82, 2.24) is 4.90 Å². The van der Waals surface area contributed by atoms with Gasteiger partial charge in [-0.3, -0.25) is 4.79 Å². The zero-order valence-corrected chi connectivity index (χ0v) is 10.9. The average Bonchev–Trinajstić information content (AvgIpc) is 2.61. The summed E-state index contributed by atoms with van der Waals surface area (Å²) in [5.74, 6) is 0.288. The van der Waals surface area contributed by atoms with Gasteiger partial charge in [-0.1, -0.05) is 24.3 Å².